The van der Waals surface area contributed by atoms with Crippen LogP contribution >= 0.6 is 7.15 Å². The van der Waals surface area contributed by atoms with Crippen LogP contribution in [0.25, 0.3) is 0 Å². The molecule has 1 aliphatic heterocycles. The maximum Gasteiger partial charge on any atom is 0.173 e. The second-order valence-corrected chi connectivity index (χ2v) is 6.10. The number of aliphatic hydroxyl groups excluding tert-OH is 1. The molecule has 2 fully saturated rings. The molecule has 5 atom stereocenters. The Hall–Kier alpha value is 0.490. The molecule has 1 aliphatic carbocycles. The van der Waals surface area contributed by atoms with E-state index < -0.39 is 7.15 Å². The van der Waals surface area contributed by atoms with Gasteiger partial charge in [-0.1, -0.05) is 6.92 Å². The normalized spacial score (nSPS) is 48.4. The number of ether oxygens (including phenoxy) is 1. The maximum atomic E-state index is 9.38. The summed E-state index contributed by atoms with van der Waals surface area (Å²) >= 11 is 4.68. The summed E-state index contributed by atoms with van der Waals surface area (Å²) in [5.41, 5.74) is -0.318. The molecule has 2 N–H and O–H groups in total. The first-order valence-corrected chi connectivity index (χ1v) is 7.20. The van der Waals surface area contributed by atoms with Crippen molar-refractivity contribution in [3.63, 3.8) is 0 Å². The van der Waals surface area contributed by atoms with Crippen LogP contribution in [0.15, 0.2) is 0 Å². The Kier molecular flexibility index (Phi) is 2.99. The summed E-state index contributed by atoms with van der Waals surface area (Å²) in [5, 5.41) is 9.38. The van der Waals surface area contributed by atoms with Gasteiger partial charge in [0.05, 0.1) is 19.3 Å². The Balaban J connectivity index is 2.18. The van der Waals surface area contributed by atoms with Gasteiger partial charge in [0, 0.05) is 5.41 Å². The predicted molar refractivity (Wildman–Crippen MR) is 55.8 cm³/mol. The van der Waals surface area contributed by atoms with Gasteiger partial charge < -0.3 is 19.3 Å². The van der Waals surface area contributed by atoms with Gasteiger partial charge in [0.25, 0.3) is 0 Å². The first-order valence-electron chi connectivity index (χ1n) is 4.71. The number of fused-ring (bicyclic) bond motifs is 2. The molecular formula is C8H15O4PS. The molecule has 0 aromatic heterocycles. The second kappa shape index (κ2) is 3.81. The summed E-state index contributed by atoms with van der Waals surface area (Å²) in [6.07, 6.45) is 0.680. The van der Waals surface area contributed by atoms with Gasteiger partial charge in [0.15, 0.2) is 7.15 Å². The fourth-order valence-electron chi connectivity index (χ4n) is 2.68. The molecule has 0 radical (unpaired) electrons. The molecule has 1 heterocycles. The lowest BCUT2D eigenvalue weighted by Gasteiger charge is -2.27. The minimum atomic E-state index is -2.12. The largest absolute Gasteiger partial charge is 0.396 e. The molecule has 4 nitrogen and oxygen atoms in total. The smallest absolute Gasteiger partial charge is 0.173 e. The quantitative estimate of drug-likeness (QED) is 0.692. The Morgan fingerprint density at radius 3 is 2.93 bits per heavy atom. The molecule has 2 bridgehead atoms. The molecule has 5 unspecified atom stereocenters. The van der Waals surface area contributed by atoms with Crippen molar-refractivity contribution in [2.75, 3.05) is 13.2 Å². The third-order valence-corrected chi connectivity index (χ3v) is 4.04. The molecule has 14 heavy (non-hydrogen) atoms. The van der Waals surface area contributed by atoms with Crippen LogP contribution in [0.1, 0.15) is 13.3 Å². The molecule has 0 aromatic carbocycles. The van der Waals surface area contributed by atoms with E-state index in [1.54, 1.807) is 0 Å². The van der Waals surface area contributed by atoms with E-state index in [2.05, 4.69) is 18.7 Å². The monoisotopic (exact) mass is 238 g/mol. The lowest BCUT2D eigenvalue weighted by atomic mass is 9.86. The third-order valence-electron chi connectivity index (χ3n) is 3.30. The van der Waals surface area contributed by atoms with Gasteiger partial charge in [0.2, 0.25) is 0 Å². The minimum absolute atomic E-state index is 0.00255. The number of aliphatic hydroxyl groups is 1. The average molecular weight is 238 g/mol. The zero-order valence-corrected chi connectivity index (χ0v) is 9.79. The SMILES string of the molecule is CC1CC2(CO)COC1C2O[PH](O)=S. The van der Waals surface area contributed by atoms with Gasteiger partial charge >= 0.3 is 0 Å². The second-order valence-electron chi connectivity index (χ2n) is 4.28. The molecule has 0 aromatic rings. The zero-order valence-electron chi connectivity index (χ0n) is 7.97. The molecule has 0 amide bonds. The Labute approximate surface area is 88.8 Å². The summed E-state index contributed by atoms with van der Waals surface area (Å²) in [5.74, 6) is 0.372. The van der Waals surface area contributed by atoms with Crippen molar-refractivity contribution in [3.05, 3.63) is 0 Å². The highest BCUT2D eigenvalue weighted by Crippen LogP contribution is 2.52. The van der Waals surface area contributed by atoms with E-state index in [0.717, 1.165) is 6.42 Å². The maximum absolute atomic E-state index is 9.38. The van der Waals surface area contributed by atoms with E-state index in [-0.39, 0.29) is 24.2 Å². The summed E-state index contributed by atoms with van der Waals surface area (Å²) in [6.45, 7) is 2.64. The summed E-state index contributed by atoms with van der Waals surface area (Å²) < 4.78 is 10.9. The first kappa shape index (κ1) is 11.0. The molecule has 0 spiro atoms. The Bertz CT molecular complexity index is 262. The lowest BCUT2D eigenvalue weighted by molar-refractivity contribution is -0.00148. The van der Waals surface area contributed by atoms with Crippen molar-refractivity contribution in [2.24, 2.45) is 11.3 Å². The number of rotatable bonds is 3. The molecule has 2 aliphatic rings. The van der Waals surface area contributed by atoms with Crippen LogP contribution in [0.4, 0.5) is 0 Å². The molecule has 1 saturated carbocycles. The van der Waals surface area contributed by atoms with Gasteiger partial charge in [-0.15, -0.1) is 0 Å². The van der Waals surface area contributed by atoms with Crippen LogP contribution in [0.3, 0.4) is 0 Å². The van der Waals surface area contributed by atoms with E-state index in [4.69, 9.17) is 14.2 Å². The predicted octanol–water partition coefficient (Wildman–Crippen LogP) is 0.287. The Morgan fingerprint density at radius 1 is 1.71 bits per heavy atom. The molecule has 2 rings (SSSR count). The third kappa shape index (κ3) is 1.56. The zero-order chi connectivity index (χ0) is 10.3. The van der Waals surface area contributed by atoms with Crippen LogP contribution in [0.2, 0.25) is 0 Å². The number of hydrogen-bond acceptors (Lipinski definition) is 4. The van der Waals surface area contributed by atoms with Gasteiger partial charge in [-0.2, -0.15) is 0 Å². The van der Waals surface area contributed by atoms with Crippen LogP contribution in [0.5, 0.6) is 0 Å². The van der Waals surface area contributed by atoms with Crippen LogP contribution < -0.4 is 0 Å². The number of hydrogen-bond donors (Lipinski definition) is 2. The standard InChI is InChI=1S/C8H15O4PS/c1-5-2-8(3-9)4-11-6(5)7(8)12-13(10)14/h5-7,9,13H,2-4H2,1H3,(H,10,14). The van der Waals surface area contributed by atoms with Gasteiger partial charge in [-0.05, 0) is 24.1 Å². The highest BCUT2D eigenvalue weighted by molar-refractivity contribution is 8.00. The van der Waals surface area contributed by atoms with Crippen LogP contribution in [0, 0.1) is 11.3 Å². The highest BCUT2D eigenvalue weighted by Gasteiger charge is 2.59. The van der Waals surface area contributed by atoms with Crippen LogP contribution in [-0.2, 0) is 21.1 Å². The van der Waals surface area contributed by atoms with Crippen molar-refractivity contribution in [1.29, 1.82) is 0 Å². The van der Waals surface area contributed by atoms with E-state index in [1.165, 1.54) is 0 Å². The summed E-state index contributed by atoms with van der Waals surface area (Å²) in [7, 11) is -2.12. The summed E-state index contributed by atoms with van der Waals surface area (Å²) in [6, 6.07) is 0. The van der Waals surface area contributed by atoms with Crippen molar-refractivity contribution >= 4 is 19.0 Å². The van der Waals surface area contributed by atoms with E-state index in [0.29, 0.717) is 12.5 Å². The van der Waals surface area contributed by atoms with Crippen molar-refractivity contribution in [2.45, 2.75) is 25.6 Å². The van der Waals surface area contributed by atoms with E-state index in [9.17, 15) is 5.11 Å². The molecule has 6 heteroatoms. The van der Waals surface area contributed by atoms with Gasteiger partial charge in [-0.25, -0.2) is 0 Å². The van der Waals surface area contributed by atoms with Gasteiger partial charge in [0.1, 0.15) is 6.10 Å². The van der Waals surface area contributed by atoms with Crippen molar-refractivity contribution in [1.82, 2.24) is 0 Å². The summed E-state index contributed by atoms with van der Waals surface area (Å²) in [4.78, 5) is 9.13. The average Bonchev–Trinajstić information content (AvgIpc) is 2.57. The molecule has 82 valence electrons. The van der Waals surface area contributed by atoms with Crippen molar-refractivity contribution < 1.29 is 19.3 Å². The van der Waals surface area contributed by atoms with E-state index in [1.807, 2.05) is 0 Å². The van der Waals surface area contributed by atoms with Crippen LogP contribution in [-0.4, -0.2) is 35.4 Å². The molecule has 1 saturated heterocycles. The van der Waals surface area contributed by atoms with Gasteiger partial charge in [-0.3, -0.25) is 0 Å². The first-order chi connectivity index (χ1) is 6.59. The topological polar surface area (TPSA) is 58.9 Å². The minimum Gasteiger partial charge on any atom is -0.396 e. The molecular weight excluding hydrogens is 223 g/mol. The fraction of sp³-hybridized carbons (Fsp3) is 1.00. The van der Waals surface area contributed by atoms with E-state index >= 15 is 0 Å². The lowest BCUT2D eigenvalue weighted by Crippen LogP contribution is -2.35. The highest BCUT2D eigenvalue weighted by atomic mass is 32.4. The Morgan fingerprint density at radius 2 is 2.43 bits per heavy atom. The fourth-order valence-corrected chi connectivity index (χ4v) is 3.59. The van der Waals surface area contributed by atoms with Crippen molar-refractivity contribution in [3.8, 4) is 0 Å².